The molecule has 2 heterocycles. The van der Waals surface area contributed by atoms with Crippen LogP contribution in [-0.4, -0.2) is 46.5 Å². The van der Waals surface area contributed by atoms with E-state index in [2.05, 4.69) is 4.98 Å². The minimum Gasteiger partial charge on any atom is -0.464 e. The van der Waals surface area contributed by atoms with Crippen LogP contribution in [0.2, 0.25) is 10.0 Å². The maximum atomic E-state index is 14.6. The summed E-state index contributed by atoms with van der Waals surface area (Å²) in [4.78, 5) is 45.9. The molecule has 10 heteroatoms. The molecular weight excluding hydrogens is 567 g/mol. The molecule has 1 aliphatic rings. The number of ether oxygens (including phenoxy) is 3. The van der Waals surface area contributed by atoms with E-state index >= 15 is 0 Å². The van der Waals surface area contributed by atoms with Crippen molar-refractivity contribution in [2.75, 3.05) is 6.61 Å². The Bertz CT molecular complexity index is 1340. The fourth-order valence-electron chi connectivity index (χ4n) is 5.10. The van der Waals surface area contributed by atoms with Crippen LogP contribution in [0.25, 0.3) is 0 Å². The number of aromatic nitrogens is 1. The Balaban J connectivity index is 1.94. The number of carbonyl (C=O) groups excluding carboxylic acids is 3. The first-order valence-electron chi connectivity index (χ1n) is 13.5. The topological polar surface area (TPSA) is 95.0 Å². The van der Waals surface area contributed by atoms with Crippen LogP contribution in [0.3, 0.4) is 0 Å². The molecule has 216 valence electrons. The van der Waals surface area contributed by atoms with Crippen molar-refractivity contribution in [2.24, 2.45) is 0 Å². The second-order valence-corrected chi connectivity index (χ2v) is 10.5. The third kappa shape index (κ3) is 7.07. The normalized spacial score (nSPS) is 20.3. The number of halogens is 2. The summed E-state index contributed by atoms with van der Waals surface area (Å²) >= 11 is 12.4. The molecule has 1 aromatic heterocycles. The van der Waals surface area contributed by atoms with Crippen LogP contribution in [0.5, 0.6) is 0 Å². The van der Waals surface area contributed by atoms with E-state index < -0.39 is 48.2 Å². The van der Waals surface area contributed by atoms with Crippen LogP contribution in [0.4, 0.5) is 0 Å². The Morgan fingerprint density at radius 1 is 0.951 bits per heavy atom. The van der Waals surface area contributed by atoms with Gasteiger partial charge < -0.3 is 19.1 Å². The Morgan fingerprint density at radius 3 is 2.07 bits per heavy atom. The molecule has 3 unspecified atom stereocenters. The van der Waals surface area contributed by atoms with Gasteiger partial charge >= 0.3 is 11.9 Å². The number of hydrogen-bond donors (Lipinski definition) is 0. The molecule has 0 radical (unpaired) electrons. The summed E-state index contributed by atoms with van der Waals surface area (Å²) in [6.07, 6.45) is 0.892. The van der Waals surface area contributed by atoms with E-state index in [0.29, 0.717) is 39.6 Å². The molecule has 8 nitrogen and oxygen atoms in total. The number of hydrogen-bond acceptors (Lipinski definition) is 7. The highest BCUT2D eigenvalue weighted by Gasteiger charge is 2.52. The molecule has 3 aromatic rings. The van der Waals surface area contributed by atoms with Gasteiger partial charge in [0.1, 0.15) is 12.1 Å². The van der Waals surface area contributed by atoms with Crippen LogP contribution in [0.1, 0.15) is 68.6 Å². The first-order valence-corrected chi connectivity index (χ1v) is 14.2. The van der Waals surface area contributed by atoms with Gasteiger partial charge in [-0.1, -0.05) is 60.8 Å². The SMILES string of the molecule is CCCC(C(=O)OCC)N1C(=O)C(C(OC(C)=O)c2ccncc2)O[C@H](c2ccc(Cl)cc2)[C@@H]1c1ccc(Cl)cc1. The molecule has 1 amide bonds. The predicted octanol–water partition coefficient (Wildman–Crippen LogP) is 6.43. The number of amides is 1. The minimum atomic E-state index is -1.28. The van der Waals surface area contributed by atoms with Crippen LogP contribution >= 0.6 is 23.2 Å². The molecule has 1 aliphatic heterocycles. The molecule has 0 bridgehead atoms. The van der Waals surface area contributed by atoms with Crippen LogP contribution < -0.4 is 0 Å². The fourth-order valence-corrected chi connectivity index (χ4v) is 5.35. The molecular formula is C31H32Cl2N2O6. The van der Waals surface area contributed by atoms with Crippen molar-refractivity contribution in [3.8, 4) is 0 Å². The second-order valence-electron chi connectivity index (χ2n) is 9.64. The summed E-state index contributed by atoms with van der Waals surface area (Å²) in [5, 5.41) is 1.05. The maximum absolute atomic E-state index is 14.6. The number of nitrogens with zero attached hydrogens (tertiary/aromatic N) is 2. The molecule has 5 atom stereocenters. The van der Waals surface area contributed by atoms with Gasteiger partial charge in [0, 0.05) is 29.4 Å². The summed E-state index contributed by atoms with van der Waals surface area (Å²) in [5.74, 6) is -1.62. The summed E-state index contributed by atoms with van der Waals surface area (Å²) in [5.41, 5.74) is 1.95. The standard InChI is InChI=1S/C31H32Cl2N2O6/c1-4-6-25(31(38)39-5-2)35-26(20-7-11-23(32)12-8-20)27(21-9-13-24(33)14-10-21)41-29(30(35)37)28(40-19(3)36)22-15-17-34-18-16-22/h7-18,25-29H,4-6H2,1-3H3/t25?,26-,27+,28?,29?/m0/s1. The number of esters is 2. The van der Waals surface area contributed by atoms with E-state index in [9.17, 15) is 14.4 Å². The lowest BCUT2D eigenvalue weighted by molar-refractivity contribution is -0.203. The number of rotatable bonds is 10. The van der Waals surface area contributed by atoms with Gasteiger partial charge in [0.15, 0.2) is 12.2 Å². The van der Waals surface area contributed by atoms with E-state index in [4.69, 9.17) is 37.4 Å². The first kappa shape index (κ1) is 30.5. The smallest absolute Gasteiger partial charge is 0.328 e. The molecule has 4 rings (SSSR count). The van der Waals surface area contributed by atoms with Gasteiger partial charge in [0.05, 0.1) is 12.6 Å². The summed E-state index contributed by atoms with van der Waals surface area (Å²) in [6.45, 7) is 5.07. The third-order valence-corrected chi connectivity index (χ3v) is 7.35. The van der Waals surface area contributed by atoms with E-state index in [1.807, 2.05) is 19.1 Å². The number of pyridine rings is 1. The monoisotopic (exact) mass is 598 g/mol. The number of carbonyl (C=O) groups is 3. The lowest BCUT2D eigenvalue weighted by atomic mass is 9.88. The summed E-state index contributed by atoms with van der Waals surface area (Å²) < 4.78 is 17.8. The Kier molecular flexibility index (Phi) is 10.4. The second kappa shape index (κ2) is 13.9. The van der Waals surface area contributed by atoms with Gasteiger partial charge in [-0.05, 0) is 66.4 Å². The van der Waals surface area contributed by atoms with Gasteiger partial charge in [-0.15, -0.1) is 0 Å². The Morgan fingerprint density at radius 2 is 1.54 bits per heavy atom. The van der Waals surface area contributed by atoms with Crippen molar-refractivity contribution >= 4 is 41.0 Å². The van der Waals surface area contributed by atoms with Crippen LogP contribution in [0, 0.1) is 0 Å². The Hall–Kier alpha value is -3.46. The average Bonchev–Trinajstić information content (AvgIpc) is 2.96. The van der Waals surface area contributed by atoms with Gasteiger partial charge in [-0.2, -0.15) is 0 Å². The first-order chi connectivity index (χ1) is 19.7. The molecule has 2 aromatic carbocycles. The molecule has 41 heavy (non-hydrogen) atoms. The highest BCUT2D eigenvalue weighted by Crippen LogP contribution is 2.46. The maximum Gasteiger partial charge on any atom is 0.328 e. The molecule has 0 N–H and O–H groups in total. The van der Waals surface area contributed by atoms with Gasteiger partial charge in [-0.25, -0.2) is 4.79 Å². The Labute approximate surface area is 249 Å². The molecule has 0 aliphatic carbocycles. The third-order valence-electron chi connectivity index (χ3n) is 6.85. The summed E-state index contributed by atoms with van der Waals surface area (Å²) in [7, 11) is 0. The zero-order chi connectivity index (χ0) is 29.5. The zero-order valence-corrected chi connectivity index (χ0v) is 24.5. The van der Waals surface area contributed by atoms with Gasteiger partial charge in [0.25, 0.3) is 5.91 Å². The predicted molar refractivity (Wildman–Crippen MR) is 154 cm³/mol. The van der Waals surface area contributed by atoms with E-state index in [1.165, 1.54) is 11.8 Å². The van der Waals surface area contributed by atoms with Crippen molar-refractivity contribution < 1.29 is 28.6 Å². The largest absolute Gasteiger partial charge is 0.464 e. The highest BCUT2D eigenvalue weighted by molar-refractivity contribution is 6.30. The highest BCUT2D eigenvalue weighted by atomic mass is 35.5. The minimum absolute atomic E-state index is 0.153. The van der Waals surface area contributed by atoms with Crippen molar-refractivity contribution in [3.63, 3.8) is 0 Å². The van der Waals surface area contributed by atoms with Crippen molar-refractivity contribution in [3.05, 3.63) is 99.8 Å². The average molecular weight is 600 g/mol. The fraction of sp³-hybridized carbons (Fsp3) is 0.355. The van der Waals surface area contributed by atoms with Crippen molar-refractivity contribution in [2.45, 2.75) is 64.0 Å². The zero-order valence-electron chi connectivity index (χ0n) is 23.0. The quantitative estimate of drug-likeness (QED) is 0.248. The van der Waals surface area contributed by atoms with E-state index in [-0.39, 0.29) is 6.61 Å². The molecule has 1 saturated heterocycles. The van der Waals surface area contributed by atoms with E-state index in [0.717, 1.165) is 0 Å². The van der Waals surface area contributed by atoms with Crippen LogP contribution in [0.15, 0.2) is 73.1 Å². The summed E-state index contributed by atoms with van der Waals surface area (Å²) in [6, 6.07) is 15.8. The van der Waals surface area contributed by atoms with Crippen molar-refractivity contribution in [1.82, 2.24) is 9.88 Å². The van der Waals surface area contributed by atoms with Gasteiger partial charge in [-0.3, -0.25) is 14.6 Å². The van der Waals surface area contributed by atoms with Gasteiger partial charge in [0.2, 0.25) is 0 Å². The lowest BCUT2D eigenvalue weighted by Crippen LogP contribution is -2.58. The van der Waals surface area contributed by atoms with E-state index in [1.54, 1.807) is 67.8 Å². The number of benzene rings is 2. The molecule has 0 saturated carbocycles. The van der Waals surface area contributed by atoms with Crippen molar-refractivity contribution in [1.29, 1.82) is 0 Å². The lowest BCUT2D eigenvalue weighted by Gasteiger charge is -2.48. The molecule has 1 fully saturated rings. The molecule has 0 spiro atoms. The van der Waals surface area contributed by atoms with Crippen LogP contribution in [-0.2, 0) is 28.6 Å². The number of morpholine rings is 1.